The van der Waals surface area contributed by atoms with Gasteiger partial charge >= 0.3 is 5.91 Å². The molecule has 0 saturated carbocycles. The summed E-state index contributed by atoms with van der Waals surface area (Å²) >= 11 is 10.9. The Bertz CT molecular complexity index is 1610. The minimum Gasteiger partial charge on any atom is -0.507 e. The molecule has 3 heterocycles. The molecule has 1 amide bonds. The maximum Gasteiger partial charge on any atom is 0.301 e. The first-order valence-electron chi connectivity index (χ1n) is 11.2. The van der Waals surface area contributed by atoms with Gasteiger partial charge in [0.1, 0.15) is 17.6 Å². The summed E-state index contributed by atoms with van der Waals surface area (Å²) < 4.78 is 7.35. The van der Waals surface area contributed by atoms with Crippen molar-refractivity contribution in [2.24, 2.45) is 0 Å². The highest BCUT2D eigenvalue weighted by Gasteiger charge is 2.48. The third-order valence-corrected chi connectivity index (χ3v) is 8.07. The molecule has 6 nitrogen and oxygen atoms in total. The molecule has 0 radical (unpaired) electrons. The normalized spacial score (nSPS) is 20.7. The van der Waals surface area contributed by atoms with Gasteiger partial charge in [-0.1, -0.05) is 51.0 Å². The summed E-state index contributed by atoms with van der Waals surface area (Å²) in [7, 11) is 0. The fourth-order valence-electron chi connectivity index (χ4n) is 4.74. The molecule has 6 rings (SSSR count). The van der Waals surface area contributed by atoms with Crippen LogP contribution in [-0.2, 0) is 16.0 Å². The molecule has 0 aliphatic carbocycles. The lowest BCUT2D eigenvalue weighted by atomic mass is 9.94. The summed E-state index contributed by atoms with van der Waals surface area (Å²) in [6.07, 6.45) is 0.742. The number of ketones is 1. The lowest BCUT2D eigenvalue weighted by molar-refractivity contribution is -0.132. The number of aliphatic hydroxyl groups is 1. The van der Waals surface area contributed by atoms with E-state index in [0.29, 0.717) is 33.2 Å². The van der Waals surface area contributed by atoms with Gasteiger partial charge in [0.15, 0.2) is 5.13 Å². The van der Waals surface area contributed by atoms with Gasteiger partial charge in [-0.15, -0.1) is 0 Å². The summed E-state index contributed by atoms with van der Waals surface area (Å²) in [6.45, 7) is 1.98. The van der Waals surface area contributed by atoms with Crippen molar-refractivity contribution in [2.45, 2.75) is 25.5 Å². The molecule has 180 valence electrons. The van der Waals surface area contributed by atoms with Gasteiger partial charge in [0, 0.05) is 21.5 Å². The number of fused-ring (bicyclic) bond motifs is 2. The number of aliphatic hydroxyl groups excluding tert-OH is 1. The smallest absolute Gasteiger partial charge is 0.301 e. The molecular weight excluding hydrogens is 564 g/mol. The van der Waals surface area contributed by atoms with Gasteiger partial charge in [0.05, 0.1) is 21.8 Å². The van der Waals surface area contributed by atoms with E-state index >= 15 is 0 Å². The Hall–Kier alpha value is -3.20. The number of ether oxygens (including phenoxy) is 1. The Morgan fingerprint density at radius 1 is 1.17 bits per heavy atom. The zero-order valence-corrected chi connectivity index (χ0v) is 22.0. The molecule has 9 heteroatoms. The van der Waals surface area contributed by atoms with Crippen molar-refractivity contribution < 1.29 is 19.4 Å². The Kier molecular flexibility index (Phi) is 5.63. The van der Waals surface area contributed by atoms with Crippen LogP contribution >= 0.6 is 38.9 Å². The van der Waals surface area contributed by atoms with Gasteiger partial charge in [-0.25, -0.2) is 4.98 Å². The molecule has 1 N–H and O–H groups in total. The van der Waals surface area contributed by atoms with Crippen LogP contribution in [0.25, 0.3) is 16.0 Å². The minimum absolute atomic E-state index is 0.0160. The molecule has 4 aromatic rings. The summed E-state index contributed by atoms with van der Waals surface area (Å²) in [6, 6.07) is 17.1. The van der Waals surface area contributed by atoms with Crippen LogP contribution in [-0.4, -0.2) is 27.9 Å². The summed E-state index contributed by atoms with van der Waals surface area (Å²) in [4.78, 5) is 32.9. The Labute approximate surface area is 223 Å². The summed E-state index contributed by atoms with van der Waals surface area (Å²) in [5, 5.41) is 12.4. The largest absolute Gasteiger partial charge is 0.507 e. The van der Waals surface area contributed by atoms with Crippen molar-refractivity contribution in [3.05, 3.63) is 92.4 Å². The highest BCUT2D eigenvalue weighted by Crippen LogP contribution is 2.45. The fraction of sp³-hybridized carbons (Fsp3) is 0.148. The number of rotatable bonds is 3. The van der Waals surface area contributed by atoms with Crippen LogP contribution < -0.4 is 9.64 Å². The maximum atomic E-state index is 13.4. The number of benzene rings is 3. The molecule has 3 aromatic carbocycles. The molecule has 0 bridgehead atoms. The van der Waals surface area contributed by atoms with Crippen molar-refractivity contribution in [1.29, 1.82) is 0 Å². The summed E-state index contributed by atoms with van der Waals surface area (Å²) in [5.74, 6) is -0.979. The SMILES string of the molecule is C[C@H]1Cc2cc(C(O)=C3C(=O)C(=O)N(c4nc5ccc(Cl)cc5s4)[C@@H]3c3cccc(Br)c3)ccc2O1. The maximum absolute atomic E-state index is 13.4. The van der Waals surface area contributed by atoms with Crippen LogP contribution in [0.2, 0.25) is 5.02 Å². The Morgan fingerprint density at radius 2 is 2.00 bits per heavy atom. The lowest BCUT2D eigenvalue weighted by Crippen LogP contribution is -2.29. The fourth-order valence-corrected chi connectivity index (χ4v) is 6.42. The predicted octanol–water partition coefficient (Wildman–Crippen LogP) is 6.66. The molecule has 2 aliphatic heterocycles. The van der Waals surface area contributed by atoms with Crippen LogP contribution in [0.5, 0.6) is 5.75 Å². The number of hydrogen-bond acceptors (Lipinski definition) is 6. The van der Waals surface area contributed by atoms with Crippen molar-refractivity contribution in [1.82, 2.24) is 4.98 Å². The van der Waals surface area contributed by atoms with Gasteiger partial charge in [0.25, 0.3) is 5.78 Å². The Balaban J connectivity index is 1.54. The predicted molar refractivity (Wildman–Crippen MR) is 144 cm³/mol. The highest BCUT2D eigenvalue weighted by molar-refractivity contribution is 9.10. The van der Waals surface area contributed by atoms with E-state index in [1.54, 1.807) is 30.3 Å². The average molecular weight is 582 g/mol. The molecule has 1 aromatic heterocycles. The van der Waals surface area contributed by atoms with Crippen molar-refractivity contribution >= 4 is 71.7 Å². The van der Waals surface area contributed by atoms with Crippen molar-refractivity contribution in [2.75, 3.05) is 4.90 Å². The third-order valence-electron chi connectivity index (χ3n) is 6.32. The van der Waals surface area contributed by atoms with Gasteiger partial charge in [-0.2, -0.15) is 0 Å². The number of halogens is 2. The van der Waals surface area contributed by atoms with E-state index in [1.807, 2.05) is 37.3 Å². The van der Waals surface area contributed by atoms with E-state index in [4.69, 9.17) is 16.3 Å². The van der Waals surface area contributed by atoms with E-state index in [2.05, 4.69) is 20.9 Å². The highest BCUT2D eigenvalue weighted by atomic mass is 79.9. The molecule has 2 atom stereocenters. The van der Waals surface area contributed by atoms with Crippen LogP contribution in [0.4, 0.5) is 5.13 Å². The second-order valence-electron chi connectivity index (χ2n) is 8.79. The number of Topliss-reactive ketones (excluding diaryl/α,β-unsaturated/α-hetero) is 1. The lowest BCUT2D eigenvalue weighted by Gasteiger charge is -2.23. The molecule has 1 saturated heterocycles. The van der Waals surface area contributed by atoms with Gasteiger partial charge < -0.3 is 9.84 Å². The molecule has 0 unspecified atom stereocenters. The van der Waals surface area contributed by atoms with Gasteiger partial charge in [-0.3, -0.25) is 14.5 Å². The number of carbonyl (C=O) groups excluding carboxylic acids is 2. The Morgan fingerprint density at radius 3 is 2.81 bits per heavy atom. The number of thiazole rings is 1. The number of hydrogen-bond donors (Lipinski definition) is 1. The van der Waals surface area contributed by atoms with Crippen molar-refractivity contribution in [3.63, 3.8) is 0 Å². The van der Waals surface area contributed by atoms with E-state index in [0.717, 1.165) is 20.5 Å². The second kappa shape index (κ2) is 8.73. The second-order valence-corrected chi connectivity index (χ2v) is 11.1. The zero-order valence-electron chi connectivity index (χ0n) is 18.9. The molecule has 1 fully saturated rings. The summed E-state index contributed by atoms with van der Waals surface area (Å²) in [5.41, 5.74) is 2.76. The first kappa shape index (κ1) is 23.2. The van der Waals surface area contributed by atoms with Crippen LogP contribution in [0.3, 0.4) is 0 Å². The standard InChI is InChI=1S/C27H18BrClN2O4S/c1-13-9-16-10-15(5-8-20(16)35-13)24(32)22-23(14-3-2-4-17(28)11-14)31(26(34)25(22)33)27-30-19-7-6-18(29)12-21(19)36-27/h2-8,10-13,23,32H,9H2,1H3/t13-,23+/m0/s1. The monoisotopic (exact) mass is 580 g/mol. The van der Waals surface area contributed by atoms with E-state index in [1.165, 1.54) is 16.2 Å². The van der Waals surface area contributed by atoms with E-state index in [9.17, 15) is 14.7 Å². The molecule has 2 aliphatic rings. The van der Waals surface area contributed by atoms with Crippen LogP contribution in [0.15, 0.2) is 70.7 Å². The van der Waals surface area contributed by atoms with Crippen LogP contribution in [0, 0.1) is 0 Å². The van der Waals surface area contributed by atoms with Gasteiger partial charge in [0.2, 0.25) is 0 Å². The first-order valence-corrected chi connectivity index (χ1v) is 13.2. The molecule has 36 heavy (non-hydrogen) atoms. The molecular formula is C27H18BrClN2O4S. The molecule has 0 spiro atoms. The third kappa shape index (κ3) is 3.80. The van der Waals surface area contributed by atoms with Crippen LogP contribution in [0.1, 0.15) is 29.7 Å². The average Bonchev–Trinajstić information content (AvgIpc) is 3.50. The number of carbonyl (C=O) groups is 2. The van der Waals surface area contributed by atoms with Crippen molar-refractivity contribution in [3.8, 4) is 5.75 Å². The topological polar surface area (TPSA) is 79.7 Å². The first-order chi connectivity index (χ1) is 17.3. The number of anilines is 1. The number of nitrogens with zero attached hydrogens (tertiary/aromatic N) is 2. The van der Waals surface area contributed by atoms with Gasteiger partial charge in [-0.05, 0) is 66.6 Å². The van der Waals surface area contributed by atoms with E-state index in [-0.39, 0.29) is 17.4 Å². The number of amides is 1. The van der Waals surface area contributed by atoms with E-state index < -0.39 is 17.7 Å². The minimum atomic E-state index is -0.859. The number of aromatic nitrogens is 1. The quantitative estimate of drug-likeness (QED) is 0.166. The zero-order chi connectivity index (χ0) is 25.1.